The molecule has 1 amide bonds. The molecule has 0 spiro atoms. The Labute approximate surface area is 180 Å². The van der Waals surface area contributed by atoms with Gasteiger partial charge in [-0.3, -0.25) is 4.79 Å². The van der Waals surface area contributed by atoms with Gasteiger partial charge in [-0.05, 0) is 56.2 Å². The Morgan fingerprint density at radius 3 is 2.61 bits per heavy atom. The Hall–Kier alpha value is -3.19. The van der Waals surface area contributed by atoms with Gasteiger partial charge in [0.15, 0.2) is 0 Å². The van der Waals surface area contributed by atoms with Crippen LogP contribution in [-0.4, -0.2) is 39.6 Å². The van der Waals surface area contributed by atoms with Crippen molar-refractivity contribution in [2.45, 2.75) is 39.0 Å². The molecule has 2 aliphatic rings. The average molecular weight is 420 g/mol. The summed E-state index contributed by atoms with van der Waals surface area (Å²) < 4.78 is 21.2. The molecule has 160 valence electrons. The van der Waals surface area contributed by atoms with Crippen molar-refractivity contribution in [3.63, 3.8) is 0 Å². The number of halogens is 1. The molecular weight excluding hydrogens is 395 g/mol. The van der Waals surface area contributed by atoms with Crippen molar-refractivity contribution in [1.82, 2.24) is 14.5 Å². The van der Waals surface area contributed by atoms with Crippen molar-refractivity contribution in [3.8, 4) is 11.3 Å². The number of hydrogen-bond acceptors (Lipinski definition) is 4. The Kier molecular flexibility index (Phi) is 5.19. The third-order valence-electron chi connectivity index (χ3n) is 5.92. The van der Waals surface area contributed by atoms with Crippen molar-refractivity contribution in [3.05, 3.63) is 65.7 Å². The lowest BCUT2D eigenvalue weighted by molar-refractivity contribution is -0.142. The smallest absolute Gasteiger partial charge is 0.252 e. The number of imidazole rings is 1. The first-order chi connectivity index (χ1) is 15.1. The van der Waals surface area contributed by atoms with Gasteiger partial charge in [-0.2, -0.15) is 0 Å². The number of rotatable bonds is 4. The number of nitrogens with one attached hydrogen (secondary N) is 1. The van der Waals surface area contributed by atoms with E-state index in [1.54, 1.807) is 12.1 Å². The molecule has 3 aromatic rings. The fourth-order valence-corrected chi connectivity index (χ4v) is 4.20. The van der Waals surface area contributed by atoms with Crippen molar-refractivity contribution in [1.29, 1.82) is 0 Å². The summed E-state index contributed by atoms with van der Waals surface area (Å²) in [5, 5.41) is 3.50. The normalized spacial score (nSPS) is 18.1. The van der Waals surface area contributed by atoms with E-state index in [2.05, 4.69) is 22.0 Å². The molecule has 0 bridgehead atoms. The maximum atomic E-state index is 13.5. The first-order valence-corrected chi connectivity index (χ1v) is 10.7. The number of benzene rings is 2. The van der Waals surface area contributed by atoms with Crippen molar-refractivity contribution < 1.29 is 13.9 Å². The molecule has 2 aromatic carbocycles. The van der Waals surface area contributed by atoms with Crippen LogP contribution >= 0.6 is 0 Å². The molecule has 7 heteroatoms. The molecule has 3 heterocycles. The van der Waals surface area contributed by atoms with Crippen LogP contribution in [0.3, 0.4) is 0 Å². The zero-order chi connectivity index (χ0) is 21.4. The minimum atomic E-state index is -0.330. The zero-order valence-electron chi connectivity index (χ0n) is 17.5. The number of aryl methyl sites for hydroxylation is 1. The number of aromatic nitrogens is 2. The van der Waals surface area contributed by atoms with Gasteiger partial charge in [0.25, 0.3) is 5.91 Å². The zero-order valence-corrected chi connectivity index (χ0v) is 17.5. The number of amides is 1. The van der Waals surface area contributed by atoms with Gasteiger partial charge < -0.3 is 19.5 Å². The van der Waals surface area contributed by atoms with Gasteiger partial charge in [0.05, 0.1) is 6.54 Å². The lowest BCUT2D eigenvalue weighted by atomic mass is 10.1. The SMILES string of the molecule is Cc1ccc(Nc2c(-c3ccc(F)cc3)nc3n2CCN(C(=O)C2CCCO2)C3)cc1. The van der Waals surface area contributed by atoms with E-state index in [0.29, 0.717) is 26.2 Å². The highest BCUT2D eigenvalue weighted by Crippen LogP contribution is 2.33. The number of hydrogen-bond donors (Lipinski definition) is 1. The first-order valence-electron chi connectivity index (χ1n) is 10.7. The molecule has 1 fully saturated rings. The van der Waals surface area contributed by atoms with Crippen LogP contribution < -0.4 is 5.32 Å². The highest BCUT2D eigenvalue weighted by molar-refractivity contribution is 5.82. The van der Waals surface area contributed by atoms with E-state index >= 15 is 0 Å². The van der Waals surface area contributed by atoms with Crippen LogP contribution in [0.1, 0.15) is 24.2 Å². The predicted molar refractivity (Wildman–Crippen MR) is 116 cm³/mol. The maximum absolute atomic E-state index is 13.5. The van der Waals surface area contributed by atoms with Gasteiger partial charge in [-0.1, -0.05) is 17.7 Å². The van der Waals surface area contributed by atoms with Crippen molar-refractivity contribution >= 4 is 17.4 Å². The lowest BCUT2D eigenvalue weighted by Crippen LogP contribution is -2.43. The average Bonchev–Trinajstić information content (AvgIpc) is 3.44. The molecule has 0 radical (unpaired) electrons. The van der Waals surface area contributed by atoms with Crippen molar-refractivity contribution in [2.24, 2.45) is 0 Å². The molecule has 6 nitrogen and oxygen atoms in total. The molecule has 1 unspecified atom stereocenters. The highest BCUT2D eigenvalue weighted by atomic mass is 19.1. The minimum absolute atomic E-state index is 0.0446. The van der Waals surface area contributed by atoms with Crippen LogP contribution in [0.5, 0.6) is 0 Å². The summed E-state index contributed by atoms with van der Waals surface area (Å²) in [6, 6.07) is 14.5. The van der Waals surface area contributed by atoms with Gasteiger partial charge in [0.1, 0.15) is 29.3 Å². The van der Waals surface area contributed by atoms with Gasteiger partial charge in [-0.15, -0.1) is 0 Å². The molecule has 1 aromatic heterocycles. The molecule has 0 saturated carbocycles. The topological polar surface area (TPSA) is 59.4 Å². The van der Waals surface area contributed by atoms with Crippen LogP contribution in [0.15, 0.2) is 48.5 Å². The standard InChI is InChI=1S/C24H25FN4O2/c1-16-4-10-19(11-5-16)26-23-22(17-6-8-18(25)9-7-17)27-21-15-28(12-13-29(21)23)24(30)20-3-2-14-31-20/h4-11,20,26H,2-3,12-15H2,1H3. The van der Waals surface area contributed by atoms with Crippen molar-refractivity contribution in [2.75, 3.05) is 18.5 Å². The maximum Gasteiger partial charge on any atom is 0.252 e. The van der Waals surface area contributed by atoms with Crippen LogP contribution in [0.25, 0.3) is 11.3 Å². The van der Waals surface area contributed by atoms with E-state index in [4.69, 9.17) is 9.72 Å². The number of ether oxygens (including phenoxy) is 1. The Morgan fingerprint density at radius 1 is 1.13 bits per heavy atom. The molecule has 31 heavy (non-hydrogen) atoms. The monoisotopic (exact) mass is 420 g/mol. The lowest BCUT2D eigenvalue weighted by Gasteiger charge is -2.30. The third-order valence-corrected chi connectivity index (χ3v) is 5.92. The van der Waals surface area contributed by atoms with Gasteiger partial charge in [-0.25, -0.2) is 9.37 Å². The quantitative estimate of drug-likeness (QED) is 0.685. The second kappa shape index (κ2) is 8.15. The summed E-state index contributed by atoms with van der Waals surface area (Å²) in [4.78, 5) is 19.5. The fraction of sp³-hybridized carbons (Fsp3) is 0.333. The van der Waals surface area contributed by atoms with E-state index < -0.39 is 0 Å². The summed E-state index contributed by atoms with van der Waals surface area (Å²) in [5.74, 6) is 1.43. The second-order valence-electron chi connectivity index (χ2n) is 8.14. The van der Waals surface area contributed by atoms with Crippen LogP contribution in [0, 0.1) is 12.7 Å². The summed E-state index contributed by atoms with van der Waals surface area (Å²) >= 11 is 0. The molecule has 1 atom stereocenters. The fourth-order valence-electron chi connectivity index (χ4n) is 4.20. The number of nitrogens with zero attached hydrogens (tertiary/aromatic N) is 3. The molecule has 5 rings (SSSR count). The van der Waals surface area contributed by atoms with Crippen LogP contribution in [0.4, 0.5) is 15.9 Å². The van der Waals surface area contributed by atoms with E-state index in [-0.39, 0.29) is 17.8 Å². The number of fused-ring (bicyclic) bond motifs is 1. The Morgan fingerprint density at radius 2 is 1.90 bits per heavy atom. The predicted octanol–water partition coefficient (Wildman–Crippen LogP) is 4.26. The van der Waals surface area contributed by atoms with Crippen LogP contribution in [-0.2, 0) is 22.6 Å². The molecular formula is C24H25FN4O2. The summed E-state index contributed by atoms with van der Waals surface area (Å²) in [5.41, 5.74) is 3.72. The minimum Gasteiger partial charge on any atom is -0.368 e. The number of anilines is 2. The van der Waals surface area contributed by atoms with Gasteiger partial charge >= 0.3 is 0 Å². The third kappa shape index (κ3) is 3.93. The largest absolute Gasteiger partial charge is 0.368 e. The number of carbonyl (C=O) groups excluding carboxylic acids is 1. The van der Waals surface area contributed by atoms with Gasteiger partial charge in [0, 0.05) is 30.9 Å². The first kappa shape index (κ1) is 19.8. The van der Waals surface area contributed by atoms with Crippen LogP contribution in [0.2, 0.25) is 0 Å². The van der Waals surface area contributed by atoms with E-state index in [1.165, 1.54) is 17.7 Å². The Balaban J connectivity index is 1.49. The van der Waals surface area contributed by atoms with E-state index in [1.807, 2.05) is 24.0 Å². The van der Waals surface area contributed by atoms with Gasteiger partial charge in [0.2, 0.25) is 0 Å². The van der Waals surface area contributed by atoms with E-state index in [9.17, 15) is 9.18 Å². The second-order valence-corrected chi connectivity index (χ2v) is 8.14. The molecule has 2 aliphatic heterocycles. The summed E-state index contributed by atoms with van der Waals surface area (Å²) in [6.07, 6.45) is 1.38. The number of carbonyl (C=O) groups is 1. The van der Waals surface area contributed by atoms with E-state index in [0.717, 1.165) is 41.4 Å². The highest BCUT2D eigenvalue weighted by Gasteiger charge is 2.32. The molecule has 1 N–H and O–H groups in total. The molecule has 1 saturated heterocycles. The Bertz CT molecular complexity index is 1090. The summed E-state index contributed by atoms with van der Waals surface area (Å²) in [7, 11) is 0. The summed E-state index contributed by atoms with van der Waals surface area (Å²) in [6.45, 7) is 4.37. The molecule has 0 aliphatic carbocycles.